The highest BCUT2D eigenvalue weighted by molar-refractivity contribution is 14.0. The molecule has 1 aromatic heterocycles. The van der Waals surface area contributed by atoms with Crippen molar-refractivity contribution in [3.8, 4) is 0 Å². The molecule has 0 fully saturated rings. The highest BCUT2D eigenvalue weighted by Gasteiger charge is 2.12. The molecule has 7 nitrogen and oxygen atoms in total. The molecule has 0 saturated heterocycles. The number of benzene rings is 1. The van der Waals surface area contributed by atoms with Gasteiger partial charge < -0.3 is 10.6 Å². The predicted octanol–water partition coefficient (Wildman–Crippen LogP) is 2.23. The summed E-state index contributed by atoms with van der Waals surface area (Å²) >= 11 is 0. The number of aromatic nitrogens is 2. The largest absolute Gasteiger partial charge is 0.352 e. The summed E-state index contributed by atoms with van der Waals surface area (Å²) in [6.45, 7) is 7.03. The number of nitrogens with zero attached hydrogens (tertiary/aromatic N) is 3. The van der Waals surface area contributed by atoms with Crippen LogP contribution in [0.15, 0.2) is 28.1 Å². The van der Waals surface area contributed by atoms with Crippen molar-refractivity contribution >= 4 is 39.8 Å². The normalized spacial score (nSPS) is 11.9. The van der Waals surface area contributed by atoms with Gasteiger partial charge in [0, 0.05) is 44.7 Å². The fourth-order valence-electron chi connectivity index (χ4n) is 2.89. The van der Waals surface area contributed by atoms with Gasteiger partial charge in [0.15, 0.2) is 15.8 Å². The van der Waals surface area contributed by atoms with E-state index in [1.165, 1.54) is 6.26 Å². The van der Waals surface area contributed by atoms with Crippen molar-refractivity contribution in [1.29, 1.82) is 0 Å². The summed E-state index contributed by atoms with van der Waals surface area (Å²) in [7, 11) is 0.454. The fraction of sp³-hybridized carbons (Fsp3) is 0.444. The molecule has 0 aliphatic rings. The maximum Gasteiger partial charge on any atom is 0.191 e. The molecule has 0 radical (unpaired) electrons. The van der Waals surface area contributed by atoms with Crippen molar-refractivity contribution in [3.05, 3.63) is 46.3 Å². The van der Waals surface area contributed by atoms with Crippen LogP contribution >= 0.6 is 24.0 Å². The van der Waals surface area contributed by atoms with Gasteiger partial charge in [-0.2, -0.15) is 5.10 Å². The number of sulfone groups is 1. The Labute approximate surface area is 178 Å². The van der Waals surface area contributed by atoms with E-state index in [4.69, 9.17) is 0 Å². The van der Waals surface area contributed by atoms with Crippen LogP contribution in [0.1, 0.15) is 28.1 Å². The standard InChI is InChI=1S/C18H27N5O2S.HI/c1-12-9-15(7-8-17(12)26(6,24)25)10-20-18(19-4)21-11-16-13(2)22-23(5)14(16)3;/h7-9H,10-11H2,1-6H3,(H2,19,20,21);1H. The maximum absolute atomic E-state index is 11.7. The third kappa shape index (κ3) is 5.93. The van der Waals surface area contributed by atoms with Crippen molar-refractivity contribution in [1.82, 2.24) is 20.4 Å². The minimum absolute atomic E-state index is 0. The molecule has 27 heavy (non-hydrogen) atoms. The second-order valence-corrected chi connectivity index (χ2v) is 8.41. The minimum atomic E-state index is -3.20. The topological polar surface area (TPSA) is 88.4 Å². The van der Waals surface area contributed by atoms with Crippen molar-refractivity contribution in [2.75, 3.05) is 13.3 Å². The van der Waals surface area contributed by atoms with E-state index in [1.807, 2.05) is 37.7 Å². The van der Waals surface area contributed by atoms with E-state index in [-0.39, 0.29) is 24.0 Å². The minimum Gasteiger partial charge on any atom is -0.352 e. The lowest BCUT2D eigenvalue weighted by molar-refractivity contribution is 0.601. The van der Waals surface area contributed by atoms with Crippen LogP contribution < -0.4 is 10.6 Å². The van der Waals surface area contributed by atoms with Gasteiger partial charge in [0.05, 0.1) is 10.6 Å². The van der Waals surface area contributed by atoms with Crippen molar-refractivity contribution in [2.45, 2.75) is 38.8 Å². The number of nitrogens with one attached hydrogen (secondary N) is 2. The Hall–Kier alpha value is -1.62. The lowest BCUT2D eigenvalue weighted by Crippen LogP contribution is -2.36. The highest BCUT2D eigenvalue weighted by atomic mass is 127. The van der Waals surface area contributed by atoms with Crippen LogP contribution in [0.2, 0.25) is 0 Å². The van der Waals surface area contributed by atoms with E-state index in [9.17, 15) is 8.42 Å². The van der Waals surface area contributed by atoms with Gasteiger partial charge in [0.25, 0.3) is 0 Å². The number of guanidine groups is 1. The zero-order chi connectivity index (χ0) is 19.5. The quantitative estimate of drug-likeness (QED) is 0.370. The first-order chi connectivity index (χ1) is 12.1. The van der Waals surface area contributed by atoms with Crippen molar-refractivity contribution in [3.63, 3.8) is 0 Å². The molecule has 0 amide bonds. The number of hydrogen-bond donors (Lipinski definition) is 2. The molecular formula is C18H28IN5O2S. The Morgan fingerprint density at radius 1 is 1.19 bits per heavy atom. The molecule has 0 saturated carbocycles. The van der Waals surface area contributed by atoms with E-state index in [0.29, 0.717) is 23.9 Å². The Balaban J connectivity index is 0.00000364. The van der Waals surface area contributed by atoms with Crippen LogP contribution in [0.25, 0.3) is 0 Å². The lowest BCUT2D eigenvalue weighted by Gasteiger charge is -2.13. The molecule has 1 aromatic carbocycles. The third-order valence-electron chi connectivity index (χ3n) is 4.41. The zero-order valence-corrected chi connectivity index (χ0v) is 19.8. The first kappa shape index (κ1) is 23.4. The van der Waals surface area contributed by atoms with Crippen molar-refractivity contribution < 1.29 is 8.42 Å². The van der Waals surface area contributed by atoms with Gasteiger partial charge in [-0.25, -0.2) is 8.42 Å². The first-order valence-electron chi connectivity index (χ1n) is 8.36. The van der Waals surface area contributed by atoms with Crippen LogP contribution in [0.3, 0.4) is 0 Å². The Morgan fingerprint density at radius 2 is 1.81 bits per heavy atom. The van der Waals surface area contributed by atoms with Crippen LogP contribution in [-0.2, 0) is 30.0 Å². The van der Waals surface area contributed by atoms with Gasteiger partial charge in [-0.05, 0) is 38.0 Å². The number of hydrogen-bond acceptors (Lipinski definition) is 4. The summed E-state index contributed by atoms with van der Waals surface area (Å²) in [4.78, 5) is 4.60. The average molecular weight is 505 g/mol. The number of aliphatic imine (C=N–C) groups is 1. The van der Waals surface area contributed by atoms with Crippen LogP contribution in [0.5, 0.6) is 0 Å². The molecule has 0 aliphatic carbocycles. The second-order valence-electron chi connectivity index (χ2n) is 6.42. The van der Waals surface area contributed by atoms with E-state index in [0.717, 1.165) is 28.1 Å². The Morgan fingerprint density at radius 3 is 2.30 bits per heavy atom. The molecule has 2 rings (SSSR count). The molecule has 9 heteroatoms. The number of halogens is 1. The summed E-state index contributed by atoms with van der Waals surface area (Å²) < 4.78 is 25.3. The molecule has 0 unspecified atom stereocenters. The molecule has 0 aliphatic heterocycles. The fourth-order valence-corrected chi connectivity index (χ4v) is 3.85. The third-order valence-corrected chi connectivity index (χ3v) is 5.67. The highest BCUT2D eigenvalue weighted by Crippen LogP contribution is 2.16. The zero-order valence-electron chi connectivity index (χ0n) is 16.6. The predicted molar refractivity (Wildman–Crippen MR) is 119 cm³/mol. The molecule has 1 heterocycles. The summed E-state index contributed by atoms with van der Waals surface area (Å²) in [6.07, 6.45) is 1.22. The number of aryl methyl sites for hydroxylation is 3. The van der Waals surface area contributed by atoms with E-state index in [1.54, 1.807) is 20.0 Å². The molecule has 0 spiro atoms. The van der Waals surface area contributed by atoms with E-state index >= 15 is 0 Å². The molecule has 150 valence electrons. The van der Waals surface area contributed by atoms with Gasteiger partial charge in [-0.15, -0.1) is 24.0 Å². The Bertz CT molecular complexity index is 935. The van der Waals surface area contributed by atoms with Gasteiger partial charge in [-0.1, -0.05) is 12.1 Å². The van der Waals surface area contributed by atoms with Gasteiger partial charge in [0.1, 0.15) is 0 Å². The van der Waals surface area contributed by atoms with Gasteiger partial charge in [-0.3, -0.25) is 9.67 Å². The smallest absolute Gasteiger partial charge is 0.191 e. The average Bonchev–Trinajstić information content (AvgIpc) is 2.79. The van der Waals surface area contributed by atoms with Gasteiger partial charge in [0.2, 0.25) is 0 Å². The van der Waals surface area contributed by atoms with Gasteiger partial charge >= 0.3 is 0 Å². The molecule has 0 atom stereocenters. The van der Waals surface area contributed by atoms with E-state index in [2.05, 4.69) is 20.7 Å². The van der Waals surface area contributed by atoms with Crippen LogP contribution in [0, 0.1) is 20.8 Å². The Kier molecular flexibility index (Phi) is 8.27. The molecule has 2 aromatic rings. The summed E-state index contributed by atoms with van der Waals surface area (Å²) in [6, 6.07) is 5.35. The summed E-state index contributed by atoms with van der Waals surface area (Å²) in [5, 5.41) is 11.0. The maximum atomic E-state index is 11.7. The van der Waals surface area contributed by atoms with Crippen LogP contribution in [-0.4, -0.2) is 37.5 Å². The molecular weight excluding hydrogens is 477 g/mol. The summed E-state index contributed by atoms with van der Waals surface area (Å²) in [5.41, 5.74) is 5.02. The molecule has 2 N–H and O–H groups in total. The second kappa shape index (κ2) is 9.54. The first-order valence-corrected chi connectivity index (χ1v) is 10.3. The monoisotopic (exact) mass is 505 g/mol. The SMILES string of the molecule is CN=C(NCc1ccc(S(C)(=O)=O)c(C)c1)NCc1c(C)nn(C)c1C.I. The summed E-state index contributed by atoms with van der Waals surface area (Å²) in [5.74, 6) is 0.678. The van der Waals surface area contributed by atoms with E-state index < -0.39 is 9.84 Å². The van der Waals surface area contributed by atoms with Crippen molar-refractivity contribution in [2.24, 2.45) is 12.0 Å². The van der Waals surface area contributed by atoms with Crippen LogP contribution in [0.4, 0.5) is 0 Å². The molecule has 0 bridgehead atoms. The lowest BCUT2D eigenvalue weighted by atomic mass is 10.1. The number of rotatable bonds is 5.